The van der Waals surface area contributed by atoms with Crippen LogP contribution in [0.4, 0.5) is 11.4 Å². The minimum absolute atomic E-state index is 0.0795. The maximum Gasteiger partial charge on any atom is 0.295 e. The number of hydrogen-bond acceptors (Lipinski definition) is 8. The van der Waals surface area contributed by atoms with Crippen molar-refractivity contribution in [2.45, 2.75) is 23.8 Å². The summed E-state index contributed by atoms with van der Waals surface area (Å²) in [4.78, 5) is 15.3. The lowest BCUT2D eigenvalue weighted by Gasteiger charge is -2.24. The molecule has 0 heterocycles. The minimum Gasteiger partial charge on any atom is -0.350 e. The van der Waals surface area contributed by atoms with Crippen molar-refractivity contribution in [3.8, 4) is 0 Å². The van der Waals surface area contributed by atoms with Crippen LogP contribution in [0.25, 0.3) is 0 Å². The van der Waals surface area contributed by atoms with E-state index in [9.17, 15) is 18.5 Å². The molecule has 43 heavy (non-hydrogen) atoms. The van der Waals surface area contributed by atoms with Gasteiger partial charge in [-0.05, 0) is 89.6 Å². The molecule has 0 saturated carbocycles. The van der Waals surface area contributed by atoms with Gasteiger partial charge < -0.3 is 15.1 Å². The van der Waals surface area contributed by atoms with Crippen LogP contribution in [0.15, 0.2) is 83.8 Å². The summed E-state index contributed by atoms with van der Waals surface area (Å²) in [7, 11) is 3.74. The van der Waals surface area contributed by atoms with Gasteiger partial charge in [0, 0.05) is 19.2 Å². The van der Waals surface area contributed by atoms with E-state index in [1.54, 1.807) is 0 Å². The maximum atomic E-state index is 13.6. The molecule has 0 aromatic heterocycles. The Morgan fingerprint density at radius 2 is 1.35 bits per heavy atom. The van der Waals surface area contributed by atoms with Gasteiger partial charge in [0.15, 0.2) is 5.11 Å². The number of nitro benzene ring substituents is 1. The minimum atomic E-state index is -3.97. The Labute approximate surface area is 260 Å². The van der Waals surface area contributed by atoms with E-state index in [-0.39, 0.29) is 27.4 Å². The number of hydrazine groups is 1. The Hall–Kier alpha value is -3.62. The van der Waals surface area contributed by atoms with E-state index >= 15 is 0 Å². The lowest BCUT2D eigenvalue weighted by molar-refractivity contribution is -0.384. The summed E-state index contributed by atoms with van der Waals surface area (Å²) in [6.07, 6.45) is 1.27. The first-order valence-electron chi connectivity index (χ1n) is 14.0. The molecule has 0 spiro atoms. The van der Waals surface area contributed by atoms with Gasteiger partial charge in [-0.15, -0.1) is 0 Å². The molecule has 11 nitrogen and oxygen atoms in total. The highest BCUT2D eigenvalue weighted by atomic mass is 32.2. The van der Waals surface area contributed by atoms with Gasteiger partial charge in [0.1, 0.15) is 5.69 Å². The molecular formula is C30H41N7O4S2. The largest absolute Gasteiger partial charge is 0.350 e. The highest BCUT2D eigenvalue weighted by Gasteiger charge is 2.27. The molecule has 3 rings (SSSR count). The summed E-state index contributed by atoms with van der Waals surface area (Å²) < 4.78 is 28.7. The molecule has 3 aromatic carbocycles. The van der Waals surface area contributed by atoms with Gasteiger partial charge in [-0.2, -0.15) is 4.31 Å². The first kappa shape index (κ1) is 33.9. The zero-order valence-electron chi connectivity index (χ0n) is 25.1. The number of nitro groups is 1. The average Bonchev–Trinajstić information content (AvgIpc) is 2.98. The number of thiocarbonyl (C=S) groups is 1. The van der Waals surface area contributed by atoms with E-state index in [0.29, 0.717) is 25.9 Å². The fourth-order valence-corrected chi connectivity index (χ4v) is 6.20. The Balaban J connectivity index is 1.78. The predicted molar refractivity (Wildman–Crippen MR) is 175 cm³/mol. The van der Waals surface area contributed by atoms with Crippen molar-refractivity contribution in [1.29, 1.82) is 0 Å². The van der Waals surface area contributed by atoms with Crippen molar-refractivity contribution in [1.82, 2.24) is 24.8 Å². The molecular weight excluding hydrogens is 587 g/mol. The normalized spacial score (nSPS) is 11.7. The third kappa shape index (κ3) is 10.3. The number of benzene rings is 3. The Morgan fingerprint density at radius 3 is 1.81 bits per heavy atom. The second kappa shape index (κ2) is 16.3. The van der Waals surface area contributed by atoms with Crippen LogP contribution < -0.4 is 16.2 Å². The van der Waals surface area contributed by atoms with Crippen LogP contribution in [0.1, 0.15) is 30.0 Å². The van der Waals surface area contributed by atoms with Crippen molar-refractivity contribution >= 4 is 38.7 Å². The van der Waals surface area contributed by atoms with E-state index in [0.717, 1.165) is 30.3 Å². The maximum absolute atomic E-state index is 13.6. The van der Waals surface area contributed by atoms with Crippen LogP contribution in [0.2, 0.25) is 0 Å². The quantitative estimate of drug-likeness (QED) is 0.122. The van der Waals surface area contributed by atoms with Crippen LogP contribution in [0.5, 0.6) is 0 Å². The fourth-order valence-electron chi connectivity index (χ4n) is 4.50. The molecule has 3 aromatic rings. The second-order valence-electron chi connectivity index (χ2n) is 10.6. The van der Waals surface area contributed by atoms with Crippen LogP contribution in [-0.2, 0) is 10.0 Å². The van der Waals surface area contributed by atoms with E-state index in [4.69, 9.17) is 12.2 Å². The molecule has 0 amide bonds. The van der Waals surface area contributed by atoms with E-state index < -0.39 is 14.9 Å². The van der Waals surface area contributed by atoms with Gasteiger partial charge in [0.2, 0.25) is 10.0 Å². The number of rotatable bonds is 16. The Kier molecular flexibility index (Phi) is 12.8. The number of anilines is 1. The van der Waals surface area contributed by atoms with Crippen molar-refractivity contribution in [2.75, 3.05) is 59.8 Å². The van der Waals surface area contributed by atoms with Crippen molar-refractivity contribution < 1.29 is 13.3 Å². The molecule has 0 saturated heterocycles. The molecule has 0 atom stereocenters. The molecule has 0 aliphatic heterocycles. The Bertz CT molecular complexity index is 1390. The molecule has 0 bridgehead atoms. The summed E-state index contributed by atoms with van der Waals surface area (Å²) >= 11 is 5.51. The third-order valence-corrected chi connectivity index (χ3v) is 8.80. The highest BCUT2D eigenvalue weighted by Crippen LogP contribution is 2.29. The summed E-state index contributed by atoms with van der Waals surface area (Å²) in [5.74, 6) is 0. The lowest BCUT2D eigenvalue weighted by Crippen LogP contribution is -2.41. The van der Waals surface area contributed by atoms with Crippen LogP contribution >= 0.6 is 12.2 Å². The third-order valence-electron chi connectivity index (χ3n) is 6.68. The van der Waals surface area contributed by atoms with Gasteiger partial charge in [-0.3, -0.25) is 21.0 Å². The van der Waals surface area contributed by atoms with Crippen LogP contribution in [0, 0.1) is 10.1 Å². The molecule has 13 heteroatoms. The van der Waals surface area contributed by atoms with Crippen LogP contribution in [0.3, 0.4) is 0 Å². The molecule has 3 N–H and O–H groups in total. The highest BCUT2D eigenvalue weighted by molar-refractivity contribution is 7.89. The Morgan fingerprint density at radius 1 is 0.837 bits per heavy atom. The number of hydrogen-bond donors (Lipinski definition) is 3. The number of nitrogens with one attached hydrogen (secondary N) is 3. The monoisotopic (exact) mass is 627 g/mol. The molecule has 0 fully saturated rings. The van der Waals surface area contributed by atoms with Gasteiger partial charge in [0.05, 0.1) is 15.9 Å². The first-order valence-corrected chi connectivity index (χ1v) is 15.8. The van der Waals surface area contributed by atoms with Gasteiger partial charge in [-0.1, -0.05) is 60.7 Å². The van der Waals surface area contributed by atoms with Crippen molar-refractivity contribution in [2.24, 2.45) is 0 Å². The van der Waals surface area contributed by atoms with Gasteiger partial charge in [0.25, 0.3) is 5.69 Å². The second-order valence-corrected chi connectivity index (χ2v) is 13.0. The molecule has 0 unspecified atom stereocenters. The molecule has 0 aliphatic carbocycles. The van der Waals surface area contributed by atoms with Crippen molar-refractivity contribution in [3.05, 3.63) is 100 Å². The topological polar surface area (TPSA) is 123 Å². The summed E-state index contributed by atoms with van der Waals surface area (Å²) in [6, 6.07) is 23.1. The zero-order chi connectivity index (χ0) is 31.4. The van der Waals surface area contributed by atoms with Crippen LogP contribution in [-0.4, -0.2) is 86.9 Å². The fraction of sp³-hybridized carbons (Fsp3) is 0.367. The first-order chi connectivity index (χ1) is 20.5. The van der Waals surface area contributed by atoms with Gasteiger partial charge >= 0.3 is 0 Å². The summed E-state index contributed by atoms with van der Waals surface area (Å²) in [5.41, 5.74) is 7.27. The number of sulfonamides is 1. The summed E-state index contributed by atoms with van der Waals surface area (Å²) in [6.45, 7) is 2.07. The van der Waals surface area contributed by atoms with E-state index in [1.165, 1.54) is 16.4 Å². The average molecular weight is 628 g/mol. The zero-order valence-corrected chi connectivity index (χ0v) is 26.7. The molecule has 232 valence electrons. The van der Waals surface area contributed by atoms with E-state index in [2.05, 4.69) is 16.2 Å². The summed E-state index contributed by atoms with van der Waals surface area (Å²) in [5, 5.41) is 15.5. The molecule has 0 radical (unpaired) electrons. The molecule has 0 aliphatic rings. The number of nitrogens with zero attached hydrogens (tertiary/aromatic N) is 4. The van der Waals surface area contributed by atoms with Gasteiger partial charge in [-0.25, -0.2) is 8.42 Å². The smallest absolute Gasteiger partial charge is 0.295 e. The lowest BCUT2D eigenvalue weighted by atomic mass is 9.99. The standard InChI is InChI=1S/C30H41N7O4S2/c1-34(2)19-11-21-36(22-12-20-35(3)4)43(40,41)26-17-18-27(28(23-26)37(38)39)32-33-30(42)31-29(24-13-7-5-8-14-24)25-15-9-6-10-16-25/h5-10,13-18,23,29,32H,11-12,19-22H2,1-4H3,(H2,31,33,42). The van der Waals surface area contributed by atoms with E-state index in [1.807, 2.05) is 98.7 Å². The SMILES string of the molecule is CN(C)CCCN(CCCN(C)C)S(=O)(=O)c1ccc(NNC(=S)NC(c2ccccc2)c2ccccc2)c([N+](=O)[O-])c1. The predicted octanol–water partition coefficient (Wildman–Crippen LogP) is 4.07. The van der Waals surface area contributed by atoms with Crippen molar-refractivity contribution in [3.63, 3.8) is 0 Å².